The van der Waals surface area contributed by atoms with Crippen LogP contribution < -0.4 is 16.4 Å². The molecule has 0 saturated heterocycles. The molecule has 0 aliphatic carbocycles. The van der Waals surface area contributed by atoms with E-state index in [4.69, 9.17) is 17.3 Å². The summed E-state index contributed by atoms with van der Waals surface area (Å²) in [5.41, 5.74) is 5.90. The number of amides is 2. The normalized spacial score (nSPS) is 12.9. The van der Waals surface area contributed by atoms with Gasteiger partial charge >= 0.3 is 0 Å². The minimum atomic E-state index is -0.399. The molecule has 0 aromatic heterocycles. The van der Waals surface area contributed by atoms with E-state index in [2.05, 4.69) is 10.6 Å². The zero-order chi connectivity index (χ0) is 17.5. The van der Waals surface area contributed by atoms with Gasteiger partial charge < -0.3 is 16.4 Å². The number of nitrogens with one attached hydrogen (secondary N) is 2. The molecule has 0 radical (unpaired) electrons. The Balaban J connectivity index is 0.00000529. The maximum atomic E-state index is 12.0. The molecule has 0 heterocycles. The van der Waals surface area contributed by atoms with Gasteiger partial charge in [-0.05, 0) is 43.5 Å². The monoisotopic (exact) mass is 375 g/mol. The number of hydrogen-bond donors (Lipinski definition) is 3. The number of rotatable bonds is 8. The fourth-order valence-electron chi connectivity index (χ4n) is 1.97. The molecule has 0 aliphatic heterocycles. The average molecular weight is 376 g/mol. The lowest BCUT2D eigenvalue weighted by Crippen LogP contribution is -2.55. The molecule has 1 unspecified atom stereocenters. The number of benzene rings is 1. The van der Waals surface area contributed by atoms with Crippen LogP contribution in [0.25, 0.3) is 0 Å². The Labute approximate surface area is 155 Å². The van der Waals surface area contributed by atoms with Crippen LogP contribution in [0, 0.1) is 5.92 Å². The van der Waals surface area contributed by atoms with E-state index < -0.39 is 5.54 Å². The van der Waals surface area contributed by atoms with E-state index in [1.807, 2.05) is 20.8 Å². The number of nitrogens with two attached hydrogens (primary N) is 1. The molecule has 1 rings (SSSR count). The second-order valence-electron chi connectivity index (χ2n) is 6.19. The van der Waals surface area contributed by atoms with Crippen molar-refractivity contribution in [1.82, 2.24) is 10.6 Å². The molecule has 0 fully saturated rings. The molecule has 24 heavy (non-hydrogen) atoms. The Morgan fingerprint density at radius 1 is 1.25 bits per heavy atom. The molecule has 0 saturated carbocycles. The van der Waals surface area contributed by atoms with Crippen molar-refractivity contribution in [2.75, 3.05) is 13.1 Å². The third-order valence-electron chi connectivity index (χ3n) is 4.10. The van der Waals surface area contributed by atoms with Crippen LogP contribution in [0.4, 0.5) is 0 Å². The lowest BCUT2D eigenvalue weighted by atomic mass is 9.88. The quantitative estimate of drug-likeness (QED) is 0.610. The van der Waals surface area contributed by atoms with Crippen LogP contribution in [0.5, 0.6) is 0 Å². The SMILES string of the molecule is CC(C)C(C)(CN)NC(=O)CCCNC(=O)c1ccc(Cl)cc1.Cl. The highest BCUT2D eigenvalue weighted by Crippen LogP contribution is 2.15. The molecular formula is C17H27Cl2N3O2. The second-order valence-corrected chi connectivity index (χ2v) is 6.63. The van der Waals surface area contributed by atoms with E-state index in [9.17, 15) is 9.59 Å². The van der Waals surface area contributed by atoms with Crippen LogP contribution in [-0.2, 0) is 4.79 Å². The van der Waals surface area contributed by atoms with Crippen molar-refractivity contribution in [2.45, 2.75) is 39.2 Å². The number of hydrogen-bond acceptors (Lipinski definition) is 3. The zero-order valence-electron chi connectivity index (χ0n) is 14.4. The minimum absolute atomic E-state index is 0. The van der Waals surface area contributed by atoms with Crippen LogP contribution in [0.1, 0.15) is 44.0 Å². The maximum Gasteiger partial charge on any atom is 0.251 e. The third-order valence-corrected chi connectivity index (χ3v) is 4.35. The molecule has 2 amide bonds. The molecule has 0 aliphatic rings. The molecule has 5 nitrogen and oxygen atoms in total. The molecule has 0 bridgehead atoms. The summed E-state index contributed by atoms with van der Waals surface area (Å²) in [7, 11) is 0. The highest BCUT2D eigenvalue weighted by Gasteiger charge is 2.28. The molecular weight excluding hydrogens is 349 g/mol. The van der Waals surface area contributed by atoms with Crippen LogP contribution in [-0.4, -0.2) is 30.4 Å². The highest BCUT2D eigenvalue weighted by molar-refractivity contribution is 6.30. The van der Waals surface area contributed by atoms with Gasteiger partial charge in [-0.25, -0.2) is 0 Å². The first-order valence-corrected chi connectivity index (χ1v) is 8.21. The van der Waals surface area contributed by atoms with Crippen molar-refractivity contribution < 1.29 is 9.59 Å². The molecule has 1 aromatic carbocycles. The maximum absolute atomic E-state index is 12.0. The summed E-state index contributed by atoms with van der Waals surface area (Å²) in [6.07, 6.45) is 0.924. The standard InChI is InChI=1S/C17H26ClN3O2.ClH/c1-12(2)17(3,11-19)21-15(22)5-4-10-20-16(23)13-6-8-14(18)9-7-13;/h6-9,12H,4-5,10-11,19H2,1-3H3,(H,20,23)(H,21,22);1H. The molecule has 1 atom stereocenters. The lowest BCUT2D eigenvalue weighted by molar-refractivity contribution is -0.123. The van der Waals surface area contributed by atoms with Gasteiger partial charge in [0.25, 0.3) is 5.91 Å². The van der Waals surface area contributed by atoms with E-state index in [0.29, 0.717) is 36.5 Å². The summed E-state index contributed by atoms with van der Waals surface area (Å²) in [5.74, 6) is 0.0319. The summed E-state index contributed by atoms with van der Waals surface area (Å²) in [6, 6.07) is 6.67. The van der Waals surface area contributed by atoms with Gasteiger partial charge in [0.2, 0.25) is 5.91 Å². The first-order chi connectivity index (χ1) is 10.8. The molecule has 0 spiro atoms. The van der Waals surface area contributed by atoms with Gasteiger partial charge in [0.15, 0.2) is 0 Å². The Bertz CT molecular complexity index is 535. The molecule has 4 N–H and O–H groups in total. The van der Waals surface area contributed by atoms with Crippen molar-refractivity contribution in [3.8, 4) is 0 Å². The topological polar surface area (TPSA) is 84.2 Å². The van der Waals surface area contributed by atoms with Gasteiger partial charge in [0.1, 0.15) is 0 Å². The van der Waals surface area contributed by atoms with Crippen molar-refractivity contribution >= 4 is 35.8 Å². The van der Waals surface area contributed by atoms with Gasteiger partial charge in [0.05, 0.1) is 5.54 Å². The molecule has 1 aromatic rings. The first-order valence-electron chi connectivity index (χ1n) is 7.83. The fourth-order valence-corrected chi connectivity index (χ4v) is 2.09. The van der Waals surface area contributed by atoms with Crippen LogP contribution in [0.15, 0.2) is 24.3 Å². The van der Waals surface area contributed by atoms with E-state index in [1.54, 1.807) is 24.3 Å². The van der Waals surface area contributed by atoms with Crippen LogP contribution >= 0.6 is 24.0 Å². The van der Waals surface area contributed by atoms with Crippen LogP contribution in [0.2, 0.25) is 5.02 Å². The van der Waals surface area contributed by atoms with Crippen molar-refractivity contribution in [3.63, 3.8) is 0 Å². The highest BCUT2D eigenvalue weighted by atomic mass is 35.5. The minimum Gasteiger partial charge on any atom is -0.352 e. The summed E-state index contributed by atoms with van der Waals surface area (Å²) < 4.78 is 0. The smallest absolute Gasteiger partial charge is 0.251 e. The first kappa shape index (κ1) is 22.7. The van der Waals surface area contributed by atoms with Crippen molar-refractivity contribution in [1.29, 1.82) is 0 Å². The van der Waals surface area contributed by atoms with Crippen LogP contribution in [0.3, 0.4) is 0 Å². The predicted molar refractivity (Wildman–Crippen MR) is 101 cm³/mol. The predicted octanol–water partition coefficient (Wildman–Crippen LogP) is 2.76. The van der Waals surface area contributed by atoms with E-state index in [0.717, 1.165) is 0 Å². The van der Waals surface area contributed by atoms with Gasteiger partial charge in [-0.3, -0.25) is 9.59 Å². The number of carbonyl (C=O) groups excluding carboxylic acids is 2. The van der Waals surface area contributed by atoms with Gasteiger partial charge in [0, 0.05) is 30.1 Å². The summed E-state index contributed by atoms with van der Waals surface area (Å²) in [4.78, 5) is 23.9. The van der Waals surface area contributed by atoms with Gasteiger partial charge in [-0.15, -0.1) is 12.4 Å². The van der Waals surface area contributed by atoms with Crippen molar-refractivity contribution in [2.24, 2.45) is 11.7 Å². The Morgan fingerprint density at radius 2 is 1.83 bits per heavy atom. The fraction of sp³-hybridized carbons (Fsp3) is 0.529. The zero-order valence-corrected chi connectivity index (χ0v) is 16.0. The lowest BCUT2D eigenvalue weighted by Gasteiger charge is -2.33. The summed E-state index contributed by atoms with van der Waals surface area (Å²) in [5, 5.41) is 6.35. The van der Waals surface area contributed by atoms with Gasteiger partial charge in [-0.1, -0.05) is 25.4 Å². The van der Waals surface area contributed by atoms with E-state index >= 15 is 0 Å². The third kappa shape index (κ3) is 7.07. The number of carbonyl (C=O) groups is 2. The van der Waals surface area contributed by atoms with E-state index in [1.165, 1.54) is 0 Å². The molecule has 7 heteroatoms. The van der Waals surface area contributed by atoms with E-state index in [-0.39, 0.29) is 30.1 Å². The van der Waals surface area contributed by atoms with Gasteiger partial charge in [-0.2, -0.15) is 0 Å². The molecule has 136 valence electrons. The largest absolute Gasteiger partial charge is 0.352 e. The second kappa shape index (κ2) is 10.5. The summed E-state index contributed by atoms with van der Waals surface area (Å²) in [6.45, 7) is 6.83. The Morgan fingerprint density at radius 3 is 2.33 bits per heavy atom. The Hall–Kier alpha value is -1.30. The van der Waals surface area contributed by atoms with Crippen molar-refractivity contribution in [3.05, 3.63) is 34.9 Å². The number of halogens is 2. The average Bonchev–Trinajstić information content (AvgIpc) is 2.51. The Kier molecular flexibility index (Phi) is 9.97. The summed E-state index contributed by atoms with van der Waals surface area (Å²) >= 11 is 5.78.